The summed E-state index contributed by atoms with van der Waals surface area (Å²) in [6.07, 6.45) is -2.83. The van der Waals surface area contributed by atoms with Crippen molar-refractivity contribution in [2.75, 3.05) is 26.7 Å². The Kier molecular flexibility index (Phi) is 9.07. The van der Waals surface area contributed by atoms with E-state index in [1.807, 2.05) is 6.92 Å². The molecule has 1 aromatic heterocycles. The molecule has 0 aliphatic carbocycles. The minimum Gasteiger partial charge on any atom is -0.357 e. The Balaban J connectivity index is 0.00000338. The largest absolute Gasteiger partial charge is 0.434 e. The van der Waals surface area contributed by atoms with E-state index in [1.165, 1.54) is 0 Å². The number of carbonyl (C=O) groups is 1. The van der Waals surface area contributed by atoms with Gasteiger partial charge in [-0.2, -0.15) is 13.2 Å². The zero-order chi connectivity index (χ0) is 18.4. The number of alkyl halides is 3. The summed E-state index contributed by atoms with van der Waals surface area (Å²) in [7, 11) is 1.76. The van der Waals surface area contributed by atoms with Gasteiger partial charge in [-0.25, -0.2) is 4.98 Å². The van der Waals surface area contributed by atoms with E-state index < -0.39 is 11.9 Å². The smallest absolute Gasteiger partial charge is 0.357 e. The molecule has 1 aliphatic heterocycles. The molecule has 2 N–H and O–H groups in total. The predicted octanol–water partition coefficient (Wildman–Crippen LogP) is 2.50. The Morgan fingerprint density at radius 2 is 2.23 bits per heavy atom. The first-order valence-electron chi connectivity index (χ1n) is 8.10. The van der Waals surface area contributed by atoms with Gasteiger partial charge in [0.25, 0.3) is 0 Å². The van der Waals surface area contributed by atoms with Crippen LogP contribution in [0.5, 0.6) is 0 Å². The minimum atomic E-state index is -4.40. The minimum absolute atomic E-state index is 0. The molecule has 2 rings (SSSR count). The quantitative estimate of drug-likeness (QED) is 0.367. The number of thiazole rings is 1. The van der Waals surface area contributed by atoms with Crippen molar-refractivity contribution < 1.29 is 18.0 Å². The van der Waals surface area contributed by atoms with Gasteiger partial charge in [-0.15, -0.1) is 35.3 Å². The van der Waals surface area contributed by atoms with Gasteiger partial charge < -0.3 is 15.5 Å². The van der Waals surface area contributed by atoms with E-state index >= 15 is 0 Å². The summed E-state index contributed by atoms with van der Waals surface area (Å²) in [5.74, 6) is 0.729. The van der Waals surface area contributed by atoms with Crippen LogP contribution >= 0.6 is 35.3 Å². The average molecular weight is 505 g/mol. The Labute approximate surface area is 171 Å². The van der Waals surface area contributed by atoms with Gasteiger partial charge in [0.1, 0.15) is 0 Å². The van der Waals surface area contributed by atoms with Gasteiger partial charge in [0, 0.05) is 50.9 Å². The van der Waals surface area contributed by atoms with Crippen LogP contribution in [0.2, 0.25) is 0 Å². The summed E-state index contributed by atoms with van der Waals surface area (Å²) in [6, 6.07) is 0.109. The molecule has 26 heavy (non-hydrogen) atoms. The average Bonchev–Trinajstić information content (AvgIpc) is 3.00. The maximum atomic E-state index is 12.5. The topological polar surface area (TPSA) is 69.6 Å². The normalized spacial score (nSPS) is 18.5. The summed E-state index contributed by atoms with van der Waals surface area (Å²) >= 11 is 0.992. The van der Waals surface area contributed by atoms with Crippen LogP contribution in [0.4, 0.5) is 13.2 Å². The zero-order valence-corrected chi connectivity index (χ0v) is 17.7. The van der Waals surface area contributed by atoms with Crippen molar-refractivity contribution in [3.63, 3.8) is 0 Å². The molecule has 148 valence electrons. The van der Waals surface area contributed by atoms with Crippen molar-refractivity contribution in [1.82, 2.24) is 20.5 Å². The van der Waals surface area contributed by atoms with E-state index in [0.29, 0.717) is 43.4 Å². The van der Waals surface area contributed by atoms with Crippen LogP contribution in [0.1, 0.15) is 30.5 Å². The number of nitrogens with zero attached hydrogens (tertiary/aromatic N) is 3. The van der Waals surface area contributed by atoms with Crippen LogP contribution in [0.15, 0.2) is 10.4 Å². The monoisotopic (exact) mass is 505 g/mol. The number of likely N-dealkylation sites (N-methyl/N-ethyl adjacent to an activating group) is 1. The van der Waals surface area contributed by atoms with Crippen molar-refractivity contribution in [3.8, 4) is 0 Å². The highest BCUT2D eigenvalue weighted by atomic mass is 127. The molecule has 1 aromatic rings. The molecule has 1 aliphatic rings. The van der Waals surface area contributed by atoms with Gasteiger partial charge >= 0.3 is 6.18 Å². The number of carbonyl (C=O) groups excluding carboxylic acids is 1. The Morgan fingerprint density at radius 3 is 2.81 bits per heavy atom. The van der Waals surface area contributed by atoms with Crippen molar-refractivity contribution in [3.05, 3.63) is 16.1 Å². The number of aliphatic imine (C=N–C) groups is 1. The van der Waals surface area contributed by atoms with Crippen LogP contribution < -0.4 is 10.6 Å². The van der Waals surface area contributed by atoms with Gasteiger partial charge in [-0.1, -0.05) is 0 Å². The highest BCUT2D eigenvalue weighted by Gasteiger charge is 2.33. The third-order valence-electron chi connectivity index (χ3n) is 3.75. The highest BCUT2D eigenvalue weighted by Crippen LogP contribution is 2.30. The van der Waals surface area contributed by atoms with E-state index in [9.17, 15) is 18.0 Å². The standard InChI is InChI=1S/C15H22F3N5OS.HI/c1-3-19-14(21-10-4-5-13(24)23(2)8-10)20-7-6-12-22-11(9-25-12)15(16,17)18;/h9-10H,3-8H2,1-2H3,(H2,19,20,21);1H. The van der Waals surface area contributed by atoms with Gasteiger partial charge in [-0.3, -0.25) is 9.79 Å². The first-order valence-corrected chi connectivity index (χ1v) is 8.98. The van der Waals surface area contributed by atoms with E-state index in [0.717, 1.165) is 23.1 Å². The third-order valence-corrected chi connectivity index (χ3v) is 4.66. The molecule has 11 heteroatoms. The summed E-state index contributed by atoms with van der Waals surface area (Å²) in [6.45, 7) is 3.54. The SMILES string of the molecule is CCNC(=NCCc1nc(C(F)(F)F)cs1)NC1CCC(=O)N(C)C1.I. The molecular formula is C15H23F3IN5OS. The number of amides is 1. The lowest BCUT2D eigenvalue weighted by atomic mass is 10.1. The number of likely N-dealkylation sites (tertiary alicyclic amines) is 1. The molecule has 0 aromatic carbocycles. The number of hydrogen-bond acceptors (Lipinski definition) is 4. The van der Waals surface area contributed by atoms with Crippen molar-refractivity contribution in [2.45, 2.75) is 38.4 Å². The van der Waals surface area contributed by atoms with Gasteiger partial charge in [-0.05, 0) is 13.3 Å². The van der Waals surface area contributed by atoms with Crippen molar-refractivity contribution >= 4 is 47.2 Å². The van der Waals surface area contributed by atoms with Gasteiger partial charge in [0.15, 0.2) is 11.7 Å². The van der Waals surface area contributed by atoms with Crippen LogP contribution in [-0.4, -0.2) is 54.5 Å². The number of halogens is 4. The van der Waals surface area contributed by atoms with Crippen LogP contribution in [0.25, 0.3) is 0 Å². The first kappa shape index (κ1) is 22.9. The zero-order valence-electron chi connectivity index (χ0n) is 14.6. The number of piperidine rings is 1. The fourth-order valence-corrected chi connectivity index (χ4v) is 3.26. The van der Waals surface area contributed by atoms with Crippen LogP contribution in [0.3, 0.4) is 0 Å². The summed E-state index contributed by atoms with van der Waals surface area (Å²) in [5, 5.41) is 7.82. The molecule has 0 bridgehead atoms. The Morgan fingerprint density at radius 1 is 1.50 bits per heavy atom. The molecule has 0 spiro atoms. The van der Waals surface area contributed by atoms with E-state index in [-0.39, 0.29) is 35.9 Å². The first-order chi connectivity index (χ1) is 11.8. The van der Waals surface area contributed by atoms with E-state index in [4.69, 9.17) is 0 Å². The second-order valence-electron chi connectivity index (χ2n) is 5.79. The molecule has 2 heterocycles. The van der Waals surface area contributed by atoms with Crippen molar-refractivity contribution in [1.29, 1.82) is 0 Å². The van der Waals surface area contributed by atoms with Crippen LogP contribution in [0, 0.1) is 0 Å². The van der Waals surface area contributed by atoms with Crippen molar-refractivity contribution in [2.24, 2.45) is 4.99 Å². The third kappa shape index (κ3) is 6.89. The number of nitrogens with one attached hydrogen (secondary N) is 2. The lowest BCUT2D eigenvalue weighted by Crippen LogP contribution is -2.51. The van der Waals surface area contributed by atoms with Crippen LogP contribution in [-0.2, 0) is 17.4 Å². The number of aromatic nitrogens is 1. The Bertz CT molecular complexity index is 623. The second kappa shape index (κ2) is 10.3. The number of guanidine groups is 1. The molecule has 0 radical (unpaired) electrons. The summed E-state index contributed by atoms with van der Waals surface area (Å²) in [5.41, 5.74) is -0.851. The molecule has 1 fully saturated rings. The lowest BCUT2D eigenvalue weighted by molar-refractivity contribution is -0.140. The lowest BCUT2D eigenvalue weighted by Gasteiger charge is -2.31. The summed E-state index contributed by atoms with van der Waals surface area (Å²) in [4.78, 5) is 21.2. The maximum absolute atomic E-state index is 12.5. The molecule has 1 amide bonds. The van der Waals surface area contributed by atoms with Gasteiger partial charge in [0.2, 0.25) is 5.91 Å². The van der Waals surface area contributed by atoms with E-state index in [2.05, 4.69) is 20.6 Å². The highest BCUT2D eigenvalue weighted by molar-refractivity contribution is 14.0. The second-order valence-corrected chi connectivity index (χ2v) is 6.73. The molecular weight excluding hydrogens is 482 g/mol. The fourth-order valence-electron chi connectivity index (χ4n) is 2.46. The molecule has 1 unspecified atom stereocenters. The fraction of sp³-hybridized carbons (Fsp3) is 0.667. The number of hydrogen-bond donors (Lipinski definition) is 2. The molecule has 0 saturated carbocycles. The maximum Gasteiger partial charge on any atom is 0.434 e. The van der Waals surface area contributed by atoms with Gasteiger partial charge in [0.05, 0.1) is 5.01 Å². The molecule has 6 nitrogen and oxygen atoms in total. The number of rotatable bonds is 5. The van der Waals surface area contributed by atoms with E-state index in [1.54, 1.807) is 11.9 Å². The summed E-state index contributed by atoms with van der Waals surface area (Å²) < 4.78 is 37.6. The Hall–Kier alpha value is -1.11. The molecule has 1 saturated heterocycles. The predicted molar refractivity (Wildman–Crippen MR) is 106 cm³/mol. The molecule has 1 atom stereocenters.